The first-order valence-electron chi connectivity index (χ1n) is 8.96. The lowest BCUT2D eigenvalue weighted by atomic mass is 9.85. The molecule has 0 bridgehead atoms. The molecule has 2 N–H and O–H groups in total. The standard InChI is InChI=1S/C19H25N5O/c1-3-24(4-2)16-10-8-15(9-11-16)20-17-12-13-18(23-22-17)21-19(25)14-6-5-7-14/h8-14H,3-7H2,1-2H3,(H,20,22)(H,21,23,25). The zero-order valence-corrected chi connectivity index (χ0v) is 14.8. The first kappa shape index (κ1) is 17.2. The number of amides is 1. The first-order chi connectivity index (χ1) is 12.2. The van der Waals surface area contributed by atoms with E-state index in [2.05, 4.69) is 51.7 Å². The number of hydrogen-bond acceptors (Lipinski definition) is 5. The van der Waals surface area contributed by atoms with E-state index in [0.717, 1.165) is 38.0 Å². The lowest BCUT2D eigenvalue weighted by Gasteiger charge is -2.23. The molecule has 0 unspecified atom stereocenters. The molecule has 1 aliphatic carbocycles. The van der Waals surface area contributed by atoms with E-state index in [0.29, 0.717) is 11.6 Å². The van der Waals surface area contributed by atoms with Gasteiger partial charge in [0.05, 0.1) is 0 Å². The average molecular weight is 339 g/mol. The predicted molar refractivity (Wildman–Crippen MR) is 101 cm³/mol. The van der Waals surface area contributed by atoms with Crippen LogP contribution in [0.5, 0.6) is 0 Å². The fourth-order valence-corrected chi connectivity index (χ4v) is 2.86. The quantitative estimate of drug-likeness (QED) is 0.803. The Bertz CT molecular complexity index is 691. The van der Waals surface area contributed by atoms with E-state index in [1.165, 1.54) is 5.69 Å². The number of benzene rings is 1. The van der Waals surface area contributed by atoms with E-state index in [4.69, 9.17) is 0 Å². The second-order valence-electron chi connectivity index (χ2n) is 6.27. The molecule has 1 aromatic heterocycles. The number of hydrogen-bond donors (Lipinski definition) is 2. The largest absolute Gasteiger partial charge is 0.372 e. The van der Waals surface area contributed by atoms with E-state index in [1.807, 2.05) is 18.2 Å². The van der Waals surface area contributed by atoms with E-state index in [-0.39, 0.29) is 11.8 Å². The van der Waals surface area contributed by atoms with Gasteiger partial charge in [-0.2, -0.15) is 0 Å². The summed E-state index contributed by atoms with van der Waals surface area (Å²) < 4.78 is 0. The molecule has 1 fully saturated rings. The molecule has 6 heteroatoms. The highest BCUT2D eigenvalue weighted by atomic mass is 16.2. The maximum Gasteiger partial charge on any atom is 0.228 e. The number of nitrogens with zero attached hydrogens (tertiary/aromatic N) is 3. The van der Waals surface area contributed by atoms with Crippen molar-refractivity contribution in [1.29, 1.82) is 0 Å². The maximum absolute atomic E-state index is 11.9. The van der Waals surface area contributed by atoms with Crippen LogP contribution in [0, 0.1) is 5.92 Å². The third-order valence-corrected chi connectivity index (χ3v) is 4.66. The minimum Gasteiger partial charge on any atom is -0.372 e. The van der Waals surface area contributed by atoms with Gasteiger partial charge in [0.1, 0.15) is 0 Å². The zero-order chi connectivity index (χ0) is 17.6. The van der Waals surface area contributed by atoms with Crippen LogP contribution in [0.2, 0.25) is 0 Å². The third-order valence-electron chi connectivity index (χ3n) is 4.66. The normalized spacial score (nSPS) is 13.8. The van der Waals surface area contributed by atoms with Gasteiger partial charge in [0, 0.05) is 30.4 Å². The van der Waals surface area contributed by atoms with Crippen LogP contribution in [-0.2, 0) is 4.79 Å². The second kappa shape index (κ2) is 7.96. The molecule has 1 heterocycles. The predicted octanol–water partition coefficient (Wildman–Crippen LogP) is 3.81. The summed E-state index contributed by atoms with van der Waals surface area (Å²) in [4.78, 5) is 14.2. The number of nitrogens with one attached hydrogen (secondary N) is 2. The summed E-state index contributed by atoms with van der Waals surface area (Å²) in [6.07, 6.45) is 3.09. The summed E-state index contributed by atoms with van der Waals surface area (Å²) in [6, 6.07) is 11.8. The van der Waals surface area contributed by atoms with Gasteiger partial charge in [-0.05, 0) is 63.1 Å². The molecule has 0 spiro atoms. The van der Waals surface area contributed by atoms with Crippen LogP contribution in [-0.4, -0.2) is 29.2 Å². The van der Waals surface area contributed by atoms with Crippen molar-refractivity contribution in [3.05, 3.63) is 36.4 Å². The molecule has 6 nitrogen and oxygen atoms in total. The Hall–Kier alpha value is -2.63. The van der Waals surface area contributed by atoms with Gasteiger partial charge in [0.2, 0.25) is 5.91 Å². The molecular formula is C19H25N5O. The van der Waals surface area contributed by atoms with Crippen molar-refractivity contribution in [1.82, 2.24) is 10.2 Å². The molecule has 25 heavy (non-hydrogen) atoms. The lowest BCUT2D eigenvalue weighted by molar-refractivity contribution is -0.122. The molecule has 0 saturated heterocycles. The molecule has 1 aliphatic rings. The summed E-state index contributed by atoms with van der Waals surface area (Å²) in [5, 5.41) is 14.3. The monoisotopic (exact) mass is 339 g/mol. The summed E-state index contributed by atoms with van der Waals surface area (Å²) in [5.74, 6) is 1.34. The fourth-order valence-electron chi connectivity index (χ4n) is 2.86. The molecule has 0 atom stereocenters. The molecule has 0 aliphatic heterocycles. The highest BCUT2D eigenvalue weighted by Gasteiger charge is 2.25. The van der Waals surface area contributed by atoms with Gasteiger partial charge in [0.25, 0.3) is 0 Å². The highest BCUT2D eigenvalue weighted by molar-refractivity contribution is 5.92. The van der Waals surface area contributed by atoms with Gasteiger partial charge in [-0.15, -0.1) is 10.2 Å². The zero-order valence-electron chi connectivity index (χ0n) is 14.8. The van der Waals surface area contributed by atoms with Crippen molar-refractivity contribution in [3.8, 4) is 0 Å². The lowest BCUT2D eigenvalue weighted by Crippen LogP contribution is -2.28. The van der Waals surface area contributed by atoms with Gasteiger partial charge in [0.15, 0.2) is 11.6 Å². The van der Waals surface area contributed by atoms with E-state index >= 15 is 0 Å². The van der Waals surface area contributed by atoms with Crippen molar-refractivity contribution >= 4 is 28.9 Å². The number of rotatable bonds is 7. The molecule has 2 aromatic rings. The fraction of sp³-hybridized carbons (Fsp3) is 0.421. The van der Waals surface area contributed by atoms with Crippen LogP contribution >= 0.6 is 0 Å². The van der Waals surface area contributed by atoms with Gasteiger partial charge >= 0.3 is 0 Å². The second-order valence-corrected chi connectivity index (χ2v) is 6.27. The van der Waals surface area contributed by atoms with Crippen LogP contribution in [0.15, 0.2) is 36.4 Å². The van der Waals surface area contributed by atoms with Crippen molar-refractivity contribution in [2.24, 2.45) is 5.92 Å². The van der Waals surface area contributed by atoms with Crippen molar-refractivity contribution in [3.63, 3.8) is 0 Å². The number of anilines is 4. The smallest absolute Gasteiger partial charge is 0.228 e. The number of carbonyl (C=O) groups excluding carboxylic acids is 1. The van der Waals surface area contributed by atoms with E-state index < -0.39 is 0 Å². The van der Waals surface area contributed by atoms with Gasteiger partial charge in [-0.25, -0.2) is 0 Å². The summed E-state index contributed by atoms with van der Waals surface area (Å²) >= 11 is 0. The van der Waals surface area contributed by atoms with Crippen LogP contribution < -0.4 is 15.5 Å². The third kappa shape index (κ3) is 4.26. The van der Waals surface area contributed by atoms with Crippen LogP contribution in [0.1, 0.15) is 33.1 Å². The van der Waals surface area contributed by atoms with Crippen molar-refractivity contribution in [2.75, 3.05) is 28.6 Å². The Morgan fingerprint density at radius 3 is 2.20 bits per heavy atom. The summed E-state index contributed by atoms with van der Waals surface area (Å²) in [5.41, 5.74) is 2.16. The van der Waals surface area contributed by atoms with Crippen LogP contribution in [0.3, 0.4) is 0 Å². The molecule has 3 rings (SSSR count). The van der Waals surface area contributed by atoms with Crippen molar-refractivity contribution in [2.45, 2.75) is 33.1 Å². The Kier molecular flexibility index (Phi) is 5.48. The number of carbonyl (C=O) groups is 1. The Morgan fingerprint density at radius 1 is 1.04 bits per heavy atom. The minimum absolute atomic E-state index is 0.0493. The van der Waals surface area contributed by atoms with Crippen LogP contribution in [0.4, 0.5) is 23.0 Å². The van der Waals surface area contributed by atoms with Gasteiger partial charge < -0.3 is 15.5 Å². The highest BCUT2D eigenvalue weighted by Crippen LogP contribution is 2.27. The molecule has 0 radical (unpaired) electrons. The SMILES string of the molecule is CCN(CC)c1ccc(Nc2ccc(NC(=O)C3CCC3)nn2)cc1. The molecular weight excluding hydrogens is 314 g/mol. The summed E-state index contributed by atoms with van der Waals surface area (Å²) in [6.45, 7) is 6.28. The number of aromatic nitrogens is 2. The van der Waals surface area contributed by atoms with Crippen LogP contribution in [0.25, 0.3) is 0 Å². The minimum atomic E-state index is 0.0493. The molecule has 1 aromatic carbocycles. The Balaban J connectivity index is 1.58. The molecule has 1 saturated carbocycles. The topological polar surface area (TPSA) is 70.2 Å². The molecule has 1 amide bonds. The van der Waals surface area contributed by atoms with E-state index in [1.54, 1.807) is 6.07 Å². The first-order valence-corrected chi connectivity index (χ1v) is 8.96. The Morgan fingerprint density at radius 2 is 1.68 bits per heavy atom. The van der Waals surface area contributed by atoms with Crippen molar-refractivity contribution < 1.29 is 4.79 Å². The van der Waals surface area contributed by atoms with Gasteiger partial charge in [-0.1, -0.05) is 6.42 Å². The molecule has 132 valence electrons. The average Bonchev–Trinajstić information content (AvgIpc) is 2.57. The maximum atomic E-state index is 11.9. The van der Waals surface area contributed by atoms with E-state index in [9.17, 15) is 4.79 Å². The summed E-state index contributed by atoms with van der Waals surface area (Å²) in [7, 11) is 0. The van der Waals surface area contributed by atoms with Gasteiger partial charge in [-0.3, -0.25) is 4.79 Å². The Labute approximate surface area is 148 Å².